The fourth-order valence-electron chi connectivity index (χ4n) is 4.14. The minimum atomic E-state index is -0.589. The number of nitrogens with zero attached hydrogens (tertiary/aromatic N) is 3. The molecular formula is C26H24N4O4S2. The number of benzene rings is 2. The molecule has 0 atom stereocenters. The highest BCUT2D eigenvalue weighted by molar-refractivity contribution is 7.99. The standard InChI is InChI=1S/C26H24N4O4S2/c1-4-33-24(31)22-21-20(15(3)36-22)27-25(35-5-2)30(21)14-16-10-12-17(13-11-16)18-8-6-7-9-19(18)23-28-26(32)34-29-23/h6-13H,4-5,14H2,1-3H3,(H,28,29,32). The van der Waals surface area contributed by atoms with Gasteiger partial charge in [0.2, 0.25) is 0 Å². The number of ether oxygens (including phenoxy) is 1. The lowest BCUT2D eigenvalue weighted by molar-refractivity contribution is 0.0533. The number of thiophene rings is 1. The number of aryl methyl sites for hydroxylation is 1. The molecule has 36 heavy (non-hydrogen) atoms. The third-order valence-corrected chi connectivity index (χ3v) is 7.62. The molecule has 0 aliphatic carbocycles. The van der Waals surface area contributed by atoms with Gasteiger partial charge in [-0.05, 0) is 36.3 Å². The number of nitrogens with one attached hydrogen (secondary N) is 1. The molecule has 8 nitrogen and oxygen atoms in total. The largest absolute Gasteiger partial charge is 0.462 e. The Morgan fingerprint density at radius 3 is 2.56 bits per heavy atom. The van der Waals surface area contributed by atoms with E-state index in [2.05, 4.69) is 33.8 Å². The minimum absolute atomic E-state index is 0.312. The maximum absolute atomic E-state index is 12.7. The Labute approximate surface area is 215 Å². The quantitative estimate of drug-likeness (QED) is 0.205. The van der Waals surface area contributed by atoms with Crippen molar-refractivity contribution in [1.82, 2.24) is 19.7 Å². The van der Waals surface area contributed by atoms with Crippen LogP contribution in [0.15, 0.2) is 63.0 Å². The molecule has 0 fully saturated rings. The maximum atomic E-state index is 12.7. The summed E-state index contributed by atoms with van der Waals surface area (Å²) in [7, 11) is 0. The molecular weight excluding hydrogens is 496 g/mol. The average molecular weight is 521 g/mol. The van der Waals surface area contributed by atoms with Crippen molar-refractivity contribution in [3.8, 4) is 22.5 Å². The Bertz CT molecular complexity index is 1590. The first-order valence-electron chi connectivity index (χ1n) is 11.5. The summed E-state index contributed by atoms with van der Waals surface area (Å²) in [6.45, 7) is 6.78. The van der Waals surface area contributed by atoms with Gasteiger partial charge in [0.25, 0.3) is 0 Å². The topological polar surface area (TPSA) is 103 Å². The molecule has 0 amide bonds. The van der Waals surface area contributed by atoms with Gasteiger partial charge in [0.15, 0.2) is 11.0 Å². The van der Waals surface area contributed by atoms with Crippen LogP contribution in [-0.4, -0.2) is 38.0 Å². The Kier molecular flexibility index (Phi) is 6.80. The average Bonchev–Trinajstić information content (AvgIpc) is 3.56. The van der Waals surface area contributed by atoms with Crippen LogP contribution in [-0.2, 0) is 11.3 Å². The zero-order valence-corrected chi connectivity index (χ0v) is 21.7. The highest BCUT2D eigenvalue weighted by atomic mass is 32.2. The number of fused-ring (bicyclic) bond motifs is 1. The molecule has 0 unspecified atom stereocenters. The van der Waals surface area contributed by atoms with Crippen molar-refractivity contribution in [3.05, 3.63) is 74.4 Å². The number of hydrogen-bond donors (Lipinski definition) is 1. The van der Waals surface area contributed by atoms with E-state index >= 15 is 0 Å². The Morgan fingerprint density at radius 1 is 1.14 bits per heavy atom. The molecule has 0 radical (unpaired) electrons. The van der Waals surface area contributed by atoms with E-state index in [1.165, 1.54) is 11.3 Å². The van der Waals surface area contributed by atoms with Crippen LogP contribution in [0.4, 0.5) is 0 Å². The predicted molar refractivity (Wildman–Crippen MR) is 142 cm³/mol. The first-order valence-corrected chi connectivity index (χ1v) is 13.3. The van der Waals surface area contributed by atoms with Crippen molar-refractivity contribution >= 4 is 40.1 Å². The molecule has 1 N–H and O–H groups in total. The number of H-pyrrole nitrogens is 1. The van der Waals surface area contributed by atoms with Crippen molar-refractivity contribution in [2.24, 2.45) is 0 Å². The fraction of sp³-hybridized carbons (Fsp3) is 0.231. The summed E-state index contributed by atoms with van der Waals surface area (Å²) in [6, 6.07) is 15.9. The van der Waals surface area contributed by atoms with Gasteiger partial charge in [-0.25, -0.2) is 14.6 Å². The Balaban J connectivity index is 1.52. The van der Waals surface area contributed by atoms with Crippen molar-refractivity contribution in [2.45, 2.75) is 32.5 Å². The van der Waals surface area contributed by atoms with E-state index in [0.717, 1.165) is 49.1 Å². The second-order valence-electron chi connectivity index (χ2n) is 8.00. The summed E-state index contributed by atoms with van der Waals surface area (Å²) in [5, 5.41) is 4.72. The summed E-state index contributed by atoms with van der Waals surface area (Å²) in [5.41, 5.74) is 5.45. The highest BCUT2D eigenvalue weighted by Gasteiger charge is 2.24. The summed E-state index contributed by atoms with van der Waals surface area (Å²) in [5.74, 6) is 0.360. The van der Waals surface area contributed by atoms with Crippen LogP contribution in [0, 0.1) is 6.92 Å². The zero-order chi connectivity index (χ0) is 25.2. The second-order valence-corrected chi connectivity index (χ2v) is 10.5. The number of carbonyl (C=O) groups is 1. The molecule has 5 rings (SSSR count). The molecule has 0 spiro atoms. The lowest BCUT2D eigenvalue weighted by Crippen LogP contribution is -2.07. The maximum Gasteiger partial charge on any atom is 0.439 e. The summed E-state index contributed by atoms with van der Waals surface area (Å²) < 4.78 is 12.1. The third kappa shape index (κ3) is 4.49. The van der Waals surface area contributed by atoms with Gasteiger partial charge in [0, 0.05) is 10.4 Å². The van der Waals surface area contributed by atoms with Crippen molar-refractivity contribution < 1.29 is 14.1 Å². The molecule has 0 aliphatic rings. The minimum Gasteiger partial charge on any atom is -0.462 e. The van der Waals surface area contributed by atoms with Gasteiger partial charge in [-0.2, -0.15) is 0 Å². The summed E-state index contributed by atoms with van der Waals surface area (Å²) >= 11 is 3.08. The third-order valence-electron chi connectivity index (χ3n) is 5.70. The van der Waals surface area contributed by atoms with E-state index in [9.17, 15) is 9.59 Å². The molecule has 3 aromatic heterocycles. The van der Waals surface area contributed by atoms with Gasteiger partial charge in [0.05, 0.1) is 18.7 Å². The number of aromatic amines is 1. The normalized spacial score (nSPS) is 11.3. The fourth-order valence-corrected chi connectivity index (χ4v) is 5.85. The Morgan fingerprint density at radius 2 is 1.89 bits per heavy atom. The van der Waals surface area contributed by atoms with Crippen LogP contribution in [0.3, 0.4) is 0 Å². The van der Waals surface area contributed by atoms with E-state index in [1.807, 2.05) is 50.2 Å². The van der Waals surface area contributed by atoms with E-state index < -0.39 is 5.76 Å². The van der Waals surface area contributed by atoms with Crippen LogP contribution in [0.5, 0.6) is 0 Å². The molecule has 0 aliphatic heterocycles. The number of rotatable bonds is 8. The first kappa shape index (κ1) is 24.1. The number of esters is 1. The molecule has 2 aromatic carbocycles. The van der Waals surface area contributed by atoms with Crippen molar-refractivity contribution in [3.63, 3.8) is 0 Å². The predicted octanol–water partition coefficient (Wildman–Crippen LogP) is 5.75. The Hall–Kier alpha value is -3.63. The number of thioether (sulfide) groups is 1. The molecule has 184 valence electrons. The molecule has 0 saturated carbocycles. The zero-order valence-electron chi connectivity index (χ0n) is 20.0. The van der Waals surface area contributed by atoms with E-state index in [0.29, 0.717) is 23.9 Å². The smallest absolute Gasteiger partial charge is 0.439 e. The monoisotopic (exact) mass is 520 g/mol. The lowest BCUT2D eigenvalue weighted by atomic mass is 9.98. The van der Waals surface area contributed by atoms with Gasteiger partial charge in [-0.15, -0.1) is 11.3 Å². The first-order chi connectivity index (χ1) is 17.5. The highest BCUT2D eigenvalue weighted by Crippen LogP contribution is 2.36. The summed E-state index contributed by atoms with van der Waals surface area (Å²) in [6.07, 6.45) is 0. The van der Waals surface area contributed by atoms with Gasteiger partial charge in [0.1, 0.15) is 10.4 Å². The number of imidazole rings is 1. The molecule has 10 heteroatoms. The van der Waals surface area contributed by atoms with Crippen molar-refractivity contribution in [2.75, 3.05) is 12.4 Å². The van der Waals surface area contributed by atoms with Gasteiger partial charge >= 0.3 is 11.7 Å². The van der Waals surface area contributed by atoms with Gasteiger partial charge in [-0.3, -0.25) is 9.51 Å². The molecule has 3 heterocycles. The van der Waals surface area contributed by atoms with Crippen molar-refractivity contribution in [1.29, 1.82) is 0 Å². The van der Waals surface area contributed by atoms with E-state index in [4.69, 9.17) is 14.2 Å². The van der Waals surface area contributed by atoms with E-state index in [-0.39, 0.29) is 5.97 Å². The number of aromatic nitrogens is 4. The van der Waals surface area contributed by atoms with Crippen LogP contribution < -0.4 is 5.76 Å². The SMILES string of the molecule is CCOC(=O)c1sc(C)c2nc(SCC)n(Cc3ccc(-c4ccccc4-c4noc(=O)[nH]4)cc3)c12. The number of hydrogen-bond acceptors (Lipinski definition) is 8. The summed E-state index contributed by atoms with van der Waals surface area (Å²) in [4.78, 5) is 33.2. The second kappa shape index (κ2) is 10.2. The molecule has 0 bridgehead atoms. The number of carbonyl (C=O) groups excluding carboxylic acids is 1. The van der Waals surface area contributed by atoms with Gasteiger partial charge < -0.3 is 9.30 Å². The lowest BCUT2D eigenvalue weighted by Gasteiger charge is -2.11. The van der Waals surface area contributed by atoms with Crippen LogP contribution in [0.1, 0.15) is 34.0 Å². The molecule has 5 aromatic rings. The van der Waals surface area contributed by atoms with Gasteiger partial charge in [-0.1, -0.05) is 72.4 Å². The van der Waals surface area contributed by atoms with Crippen LogP contribution in [0.25, 0.3) is 33.5 Å². The molecule has 0 saturated heterocycles. The van der Waals surface area contributed by atoms with E-state index in [1.54, 1.807) is 11.8 Å². The van der Waals surface area contributed by atoms with Crippen LogP contribution >= 0.6 is 23.1 Å². The van der Waals surface area contributed by atoms with Crippen LogP contribution in [0.2, 0.25) is 0 Å².